The number of methoxy groups -OCH3 is 2. The lowest BCUT2D eigenvalue weighted by atomic mass is 10.1. The van der Waals surface area contributed by atoms with Gasteiger partial charge in [-0.1, -0.05) is 0 Å². The SMILES string of the molecule is COc1ccc(C(=O)Nc2ccc(OC)c(F)c2)cc1N. The van der Waals surface area contributed by atoms with Crippen molar-refractivity contribution < 1.29 is 18.7 Å². The third-order valence-electron chi connectivity index (χ3n) is 2.90. The molecule has 0 unspecified atom stereocenters. The minimum atomic E-state index is -0.551. The van der Waals surface area contributed by atoms with Crippen molar-refractivity contribution in [3.05, 3.63) is 47.8 Å². The number of nitrogens with two attached hydrogens (primary N) is 1. The first-order chi connectivity index (χ1) is 10.0. The highest BCUT2D eigenvalue weighted by molar-refractivity contribution is 6.05. The van der Waals surface area contributed by atoms with Crippen molar-refractivity contribution in [1.82, 2.24) is 0 Å². The lowest BCUT2D eigenvalue weighted by molar-refractivity contribution is 0.102. The zero-order valence-electron chi connectivity index (χ0n) is 11.6. The molecule has 110 valence electrons. The Hall–Kier alpha value is -2.76. The molecule has 0 fully saturated rings. The number of carbonyl (C=O) groups is 1. The van der Waals surface area contributed by atoms with Crippen LogP contribution in [0.25, 0.3) is 0 Å². The van der Waals surface area contributed by atoms with Gasteiger partial charge in [0.15, 0.2) is 11.6 Å². The van der Waals surface area contributed by atoms with E-state index in [-0.39, 0.29) is 5.75 Å². The van der Waals surface area contributed by atoms with E-state index in [0.29, 0.717) is 22.7 Å². The summed E-state index contributed by atoms with van der Waals surface area (Å²) in [4.78, 5) is 12.1. The number of nitrogens with one attached hydrogen (secondary N) is 1. The molecule has 0 aliphatic heterocycles. The Kier molecular flexibility index (Phi) is 4.27. The van der Waals surface area contributed by atoms with E-state index < -0.39 is 11.7 Å². The van der Waals surface area contributed by atoms with E-state index in [0.717, 1.165) is 0 Å². The molecule has 2 rings (SSSR count). The molecule has 5 nitrogen and oxygen atoms in total. The van der Waals surface area contributed by atoms with Gasteiger partial charge in [-0.15, -0.1) is 0 Å². The summed E-state index contributed by atoms with van der Waals surface area (Å²) < 4.78 is 23.4. The molecule has 0 spiro atoms. The summed E-state index contributed by atoms with van der Waals surface area (Å²) in [5.74, 6) is -0.345. The van der Waals surface area contributed by atoms with Gasteiger partial charge in [0.25, 0.3) is 5.91 Å². The lowest BCUT2D eigenvalue weighted by Gasteiger charge is -2.09. The summed E-state index contributed by atoms with van der Waals surface area (Å²) in [7, 11) is 2.86. The van der Waals surface area contributed by atoms with Gasteiger partial charge in [0.1, 0.15) is 5.75 Å². The Morgan fingerprint density at radius 3 is 2.33 bits per heavy atom. The van der Waals surface area contributed by atoms with Crippen molar-refractivity contribution in [2.24, 2.45) is 0 Å². The average molecular weight is 290 g/mol. The largest absolute Gasteiger partial charge is 0.495 e. The fourth-order valence-electron chi connectivity index (χ4n) is 1.82. The number of hydrogen-bond acceptors (Lipinski definition) is 4. The van der Waals surface area contributed by atoms with Crippen LogP contribution in [0.1, 0.15) is 10.4 Å². The smallest absolute Gasteiger partial charge is 0.255 e. The summed E-state index contributed by atoms with van der Waals surface area (Å²) in [5, 5.41) is 2.58. The van der Waals surface area contributed by atoms with E-state index in [1.807, 2.05) is 0 Å². The van der Waals surface area contributed by atoms with Crippen LogP contribution in [-0.2, 0) is 0 Å². The first kappa shape index (κ1) is 14.6. The number of rotatable bonds is 4. The van der Waals surface area contributed by atoms with Crippen molar-refractivity contribution in [3.8, 4) is 11.5 Å². The molecule has 0 aliphatic carbocycles. The number of anilines is 2. The summed E-state index contributed by atoms with van der Waals surface area (Å²) in [6, 6.07) is 8.83. The maximum atomic E-state index is 13.6. The van der Waals surface area contributed by atoms with Crippen LogP contribution in [-0.4, -0.2) is 20.1 Å². The maximum absolute atomic E-state index is 13.6. The number of nitrogen functional groups attached to an aromatic ring is 1. The van der Waals surface area contributed by atoms with Crippen molar-refractivity contribution in [2.75, 3.05) is 25.3 Å². The van der Waals surface area contributed by atoms with Crippen molar-refractivity contribution in [2.45, 2.75) is 0 Å². The Bertz CT molecular complexity index is 674. The van der Waals surface area contributed by atoms with E-state index in [9.17, 15) is 9.18 Å². The van der Waals surface area contributed by atoms with Crippen LogP contribution in [0.4, 0.5) is 15.8 Å². The van der Waals surface area contributed by atoms with Crippen LogP contribution in [0.3, 0.4) is 0 Å². The minimum Gasteiger partial charge on any atom is -0.495 e. The Balaban J connectivity index is 2.18. The molecule has 2 aromatic rings. The summed E-state index contributed by atoms with van der Waals surface area (Å²) in [5.41, 5.74) is 6.77. The predicted octanol–water partition coefficient (Wildman–Crippen LogP) is 2.68. The molecule has 21 heavy (non-hydrogen) atoms. The maximum Gasteiger partial charge on any atom is 0.255 e. The molecule has 0 heterocycles. The average Bonchev–Trinajstić information content (AvgIpc) is 2.47. The van der Waals surface area contributed by atoms with Crippen LogP contribution in [0.5, 0.6) is 11.5 Å². The van der Waals surface area contributed by atoms with E-state index in [4.69, 9.17) is 15.2 Å². The van der Waals surface area contributed by atoms with Crippen molar-refractivity contribution in [1.29, 1.82) is 0 Å². The first-order valence-corrected chi connectivity index (χ1v) is 6.13. The molecule has 6 heteroatoms. The highest BCUT2D eigenvalue weighted by Gasteiger charge is 2.10. The van der Waals surface area contributed by atoms with Gasteiger partial charge in [-0.3, -0.25) is 4.79 Å². The third kappa shape index (κ3) is 3.22. The van der Waals surface area contributed by atoms with Gasteiger partial charge < -0.3 is 20.5 Å². The number of halogens is 1. The van der Waals surface area contributed by atoms with Crippen LogP contribution < -0.4 is 20.5 Å². The standard InChI is InChI=1S/C15H15FN2O3/c1-20-13-6-4-10(8-11(13)16)18-15(19)9-3-5-14(21-2)12(17)7-9/h3-8H,17H2,1-2H3,(H,18,19). The molecule has 0 radical (unpaired) electrons. The molecule has 1 amide bonds. The third-order valence-corrected chi connectivity index (χ3v) is 2.90. The molecular formula is C15H15FN2O3. The van der Waals surface area contributed by atoms with Gasteiger partial charge in [-0.25, -0.2) is 4.39 Å². The van der Waals surface area contributed by atoms with Crippen LogP contribution >= 0.6 is 0 Å². The number of ether oxygens (including phenoxy) is 2. The van der Waals surface area contributed by atoms with Gasteiger partial charge in [-0.05, 0) is 30.3 Å². The van der Waals surface area contributed by atoms with Gasteiger partial charge in [-0.2, -0.15) is 0 Å². The number of amides is 1. The summed E-state index contributed by atoms with van der Waals surface area (Å²) in [6.45, 7) is 0. The molecule has 0 aliphatic rings. The molecule has 0 saturated heterocycles. The monoisotopic (exact) mass is 290 g/mol. The summed E-state index contributed by atoms with van der Waals surface area (Å²) >= 11 is 0. The number of carbonyl (C=O) groups excluding carboxylic acids is 1. The molecule has 0 saturated carbocycles. The fraction of sp³-hybridized carbons (Fsp3) is 0.133. The predicted molar refractivity (Wildman–Crippen MR) is 78.3 cm³/mol. The second-order valence-electron chi connectivity index (χ2n) is 4.26. The molecule has 3 N–H and O–H groups in total. The zero-order valence-corrected chi connectivity index (χ0v) is 11.6. The lowest BCUT2D eigenvalue weighted by Crippen LogP contribution is -2.12. The molecule has 0 aromatic heterocycles. The number of hydrogen-bond donors (Lipinski definition) is 2. The second kappa shape index (κ2) is 6.13. The number of benzene rings is 2. The minimum absolute atomic E-state index is 0.113. The Morgan fingerprint density at radius 2 is 1.76 bits per heavy atom. The van der Waals surface area contributed by atoms with E-state index >= 15 is 0 Å². The Labute approximate surface area is 121 Å². The van der Waals surface area contributed by atoms with Gasteiger partial charge in [0.05, 0.1) is 19.9 Å². The van der Waals surface area contributed by atoms with E-state index in [1.54, 1.807) is 18.2 Å². The topological polar surface area (TPSA) is 73.6 Å². The quantitative estimate of drug-likeness (QED) is 0.849. The van der Waals surface area contributed by atoms with Crippen LogP contribution in [0.2, 0.25) is 0 Å². The molecule has 2 aromatic carbocycles. The Morgan fingerprint density at radius 1 is 1.10 bits per heavy atom. The van der Waals surface area contributed by atoms with Crippen LogP contribution in [0.15, 0.2) is 36.4 Å². The summed E-state index contributed by atoms with van der Waals surface area (Å²) in [6.07, 6.45) is 0. The van der Waals surface area contributed by atoms with Gasteiger partial charge in [0.2, 0.25) is 0 Å². The fourth-order valence-corrected chi connectivity index (χ4v) is 1.82. The van der Waals surface area contributed by atoms with E-state index in [2.05, 4.69) is 5.32 Å². The van der Waals surface area contributed by atoms with Crippen molar-refractivity contribution >= 4 is 17.3 Å². The van der Waals surface area contributed by atoms with Gasteiger partial charge in [0, 0.05) is 17.3 Å². The highest BCUT2D eigenvalue weighted by atomic mass is 19.1. The highest BCUT2D eigenvalue weighted by Crippen LogP contribution is 2.24. The first-order valence-electron chi connectivity index (χ1n) is 6.13. The molecule has 0 bridgehead atoms. The molecule has 0 atom stereocenters. The normalized spacial score (nSPS) is 10.0. The second-order valence-corrected chi connectivity index (χ2v) is 4.26. The van der Waals surface area contributed by atoms with Crippen LogP contribution in [0, 0.1) is 5.82 Å². The van der Waals surface area contributed by atoms with Gasteiger partial charge >= 0.3 is 0 Å². The van der Waals surface area contributed by atoms with Crippen molar-refractivity contribution in [3.63, 3.8) is 0 Å². The molecular weight excluding hydrogens is 275 g/mol. The zero-order chi connectivity index (χ0) is 15.4. The van der Waals surface area contributed by atoms with E-state index in [1.165, 1.54) is 32.4 Å².